The van der Waals surface area contributed by atoms with Gasteiger partial charge in [0.15, 0.2) is 11.0 Å². The van der Waals surface area contributed by atoms with Crippen LogP contribution in [0.5, 0.6) is 5.75 Å². The number of ether oxygens (including phenoxy) is 1. The van der Waals surface area contributed by atoms with Crippen LogP contribution >= 0.6 is 11.8 Å². The Labute approximate surface area is 173 Å². The number of amides is 1. The van der Waals surface area contributed by atoms with Gasteiger partial charge in [-0.25, -0.2) is 4.39 Å². The summed E-state index contributed by atoms with van der Waals surface area (Å²) in [6.07, 6.45) is -4.46. The topological polar surface area (TPSA) is 69.0 Å². The van der Waals surface area contributed by atoms with E-state index in [1.54, 1.807) is 17.7 Å². The number of anilines is 1. The van der Waals surface area contributed by atoms with E-state index in [1.807, 2.05) is 0 Å². The Morgan fingerprint density at radius 1 is 1.17 bits per heavy atom. The summed E-state index contributed by atoms with van der Waals surface area (Å²) < 4.78 is 58.8. The van der Waals surface area contributed by atoms with Crippen LogP contribution in [-0.2, 0) is 24.6 Å². The summed E-state index contributed by atoms with van der Waals surface area (Å²) in [4.78, 5) is 12.0. The van der Waals surface area contributed by atoms with E-state index < -0.39 is 23.5 Å². The van der Waals surface area contributed by atoms with Crippen LogP contribution in [0.25, 0.3) is 0 Å². The van der Waals surface area contributed by atoms with Gasteiger partial charge in [-0.15, -0.1) is 10.2 Å². The molecule has 30 heavy (non-hydrogen) atoms. The molecule has 3 aromatic rings. The molecule has 0 aliphatic heterocycles. The minimum Gasteiger partial charge on any atom is -0.486 e. The smallest absolute Gasteiger partial charge is 0.416 e. The zero-order valence-corrected chi connectivity index (χ0v) is 16.4. The van der Waals surface area contributed by atoms with Crippen molar-refractivity contribution in [3.05, 3.63) is 65.7 Å². The van der Waals surface area contributed by atoms with Gasteiger partial charge in [-0.2, -0.15) is 13.2 Å². The highest BCUT2D eigenvalue weighted by atomic mass is 32.2. The second-order valence-electron chi connectivity index (χ2n) is 6.09. The molecule has 2 aromatic carbocycles. The van der Waals surface area contributed by atoms with Crippen LogP contribution < -0.4 is 10.1 Å². The van der Waals surface area contributed by atoms with Crippen LogP contribution in [0.4, 0.5) is 23.2 Å². The molecule has 0 atom stereocenters. The minimum absolute atomic E-state index is 0.0329. The Hall–Kier alpha value is -3.08. The second kappa shape index (κ2) is 9.16. The van der Waals surface area contributed by atoms with Crippen molar-refractivity contribution in [1.29, 1.82) is 0 Å². The third kappa shape index (κ3) is 5.50. The van der Waals surface area contributed by atoms with Gasteiger partial charge in [-0.05, 0) is 30.3 Å². The number of thioether (sulfide) groups is 1. The molecule has 0 saturated carbocycles. The zero-order chi connectivity index (χ0) is 21.7. The molecule has 0 aliphatic rings. The molecule has 1 N–H and O–H groups in total. The lowest BCUT2D eigenvalue weighted by molar-refractivity contribution is -0.137. The van der Waals surface area contributed by atoms with Crippen molar-refractivity contribution in [3.8, 4) is 5.75 Å². The van der Waals surface area contributed by atoms with Gasteiger partial charge < -0.3 is 14.6 Å². The number of alkyl halides is 3. The number of nitrogens with one attached hydrogen (secondary N) is 1. The average Bonchev–Trinajstić information content (AvgIpc) is 3.06. The highest BCUT2D eigenvalue weighted by Gasteiger charge is 2.30. The molecule has 1 aromatic heterocycles. The Morgan fingerprint density at radius 3 is 2.67 bits per heavy atom. The summed E-state index contributed by atoms with van der Waals surface area (Å²) >= 11 is 1.08. The van der Waals surface area contributed by atoms with E-state index in [9.17, 15) is 22.4 Å². The molecular weight excluding hydrogens is 424 g/mol. The first-order valence-corrected chi connectivity index (χ1v) is 9.58. The number of carbonyl (C=O) groups excluding carboxylic acids is 1. The van der Waals surface area contributed by atoms with E-state index in [0.29, 0.717) is 11.0 Å². The van der Waals surface area contributed by atoms with Crippen molar-refractivity contribution in [1.82, 2.24) is 14.8 Å². The predicted octanol–water partition coefficient (Wildman–Crippen LogP) is 4.28. The molecule has 0 unspecified atom stereocenters. The highest BCUT2D eigenvalue weighted by Crippen LogP contribution is 2.31. The van der Waals surface area contributed by atoms with Crippen molar-refractivity contribution < 1.29 is 27.1 Å². The standard InChI is InChI=1S/C19H16F4N4O2S/c1-27-16(10-29-13-6-4-5-12(9-13)19(21,22)23)25-26-18(27)30-11-17(28)24-15-8-3-2-7-14(15)20/h2-9H,10-11H2,1H3,(H,24,28). The van der Waals surface area contributed by atoms with E-state index in [0.717, 1.165) is 23.9 Å². The quantitative estimate of drug-likeness (QED) is 0.439. The maximum Gasteiger partial charge on any atom is 0.416 e. The molecule has 1 amide bonds. The van der Waals surface area contributed by atoms with E-state index in [-0.39, 0.29) is 23.8 Å². The first-order chi connectivity index (χ1) is 14.2. The van der Waals surface area contributed by atoms with Crippen LogP contribution in [0.1, 0.15) is 11.4 Å². The monoisotopic (exact) mass is 440 g/mol. The van der Waals surface area contributed by atoms with Crippen molar-refractivity contribution >= 4 is 23.4 Å². The van der Waals surface area contributed by atoms with Crippen molar-refractivity contribution in [2.24, 2.45) is 7.05 Å². The largest absolute Gasteiger partial charge is 0.486 e. The van der Waals surface area contributed by atoms with E-state index in [2.05, 4.69) is 15.5 Å². The number of halogens is 4. The minimum atomic E-state index is -4.46. The molecule has 0 fully saturated rings. The highest BCUT2D eigenvalue weighted by molar-refractivity contribution is 7.99. The summed E-state index contributed by atoms with van der Waals surface area (Å²) in [6, 6.07) is 10.3. The van der Waals surface area contributed by atoms with E-state index >= 15 is 0 Å². The zero-order valence-electron chi connectivity index (χ0n) is 15.6. The van der Waals surface area contributed by atoms with Gasteiger partial charge in [-0.1, -0.05) is 30.0 Å². The summed E-state index contributed by atoms with van der Waals surface area (Å²) in [6.45, 7) is -0.104. The molecule has 0 spiro atoms. The first-order valence-electron chi connectivity index (χ1n) is 8.59. The van der Waals surface area contributed by atoms with Gasteiger partial charge in [0, 0.05) is 7.05 Å². The maximum absolute atomic E-state index is 13.6. The summed E-state index contributed by atoms with van der Waals surface area (Å²) in [5, 5.41) is 10.7. The van der Waals surface area contributed by atoms with Gasteiger partial charge >= 0.3 is 6.18 Å². The summed E-state index contributed by atoms with van der Waals surface area (Å²) in [7, 11) is 1.64. The van der Waals surface area contributed by atoms with Crippen LogP contribution in [0.2, 0.25) is 0 Å². The maximum atomic E-state index is 13.6. The third-order valence-corrected chi connectivity index (χ3v) is 4.95. The van der Waals surface area contributed by atoms with Crippen LogP contribution in [0, 0.1) is 5.82 Å². The van der Waals surface area contributed by atoms with E-state index in [4.69, 9.17) is 4.74 Å². The molecule has 158 valence electrons. The van der Waals surface area contributed by atoms with Gasteiger partial charge in [0.05, 0.1) is 17.0 Å². The fourth-order valence-electron chi connectivity index (χ4n) is 2.39. The molecule has 1 heterocycles. The van der Waals surface area contributed by atoms with Crippen molar-refractivity contribution in [2.75, 3.05) is 11.1 Å². The normalized spacial score (nSPS) is 11.4. The van der Waals surface area contributed by atoms with Gasteiger partial charge in [0.2, 0.25) is 5.91 Å². The number of aromatic nitrogens is 3. The average molecular weight is 440 g/mol. The number of nitrogens with zero attached hydrogens (tertiary/aromatic N) is 3. The number of hydrogen-bond acceptors (Lipinski definition) is 5. The molecule has 6 nitrogen and oxygen atoms in total. The fraction of sp³-hybridized carbons (Fsp3) is 0.211. The second-order valence-corrected chi connectivity index (χ2v) is 7.03. The number of rotatable bonds is 7. The van der Waals surface area contributed by atoms with Crippen LogP contribution in [0.15, 0.2) is 53.7 Å². The van der Waals surface area contributed by atoms with Gasteiger partial charge in [-0.3, -0.25) is 4.79 Å². The molecule has 0 bridgehead atoms. The Morgan fingerprint density at radius 2 is 1.93 bits per heavy atom. The number of para-hydroxylation sites is 1. The van der Waals surface area contributed by atoms with Crippen molar-refractivity contribution in [2.45, 2.75) is 17.9 Å². The van der Waals surface area contributed by atoms with Crippen LogP contribution in [0.3, 0.4) is 0 Å². The lowest BCUT2D eigenvalue weighted by atomic mass is 10.2. The Balaban J connectivity index is 1.56. The van der Waals surface area contributed by atoms with Gasteiger partial charge in [0.1, 0.15) is 18.2 Å². The lowest BCUT2D eigenvalue weighted by Crippen LogP contribution is -2.15. The predicted molar refractivity (Wildman–Crippen MR) is 103 cm³/mol. The molecule has 3 rings (SSSR count). The third-order valence-electron chi connectivity index (χ3n) is 3.93. The summed E-state index contributed by atoms with van der Waals surface area (Å²) in [5.74, 6) is -0.580. The Bertz CT molecular complexity index is 1040. The first kappa shape index (κ1) is 21.6. The molecule has 0 saturated heterocycles. The SMILES string of the molecule is Cn1c(COc2cccc(C(F)(F)F)c2)nnc1SCC(=O)Nc1ccccc1F. The lowest BCUT2D eigenvalue weighted by Gasteiger charge is -2.10. The molecule has 11 heteroatoms. The van der Waals surface area contributed by atoms with E-state index in [1.165, 1.54) is 30.3 Å². The fourth-order valence-corrected chi connectivity index (χ4v) is 3.12. The molecule has 0 aliphatic carbocycles. The van der Waals surface area contributed by atoms with Crippen LogP contribution in [-0.4, -0.2) is 26.4 Å². The number of benzene rings is 2. The Kier molecular flexibility index (Phi) is 6.60. The number of carbonyl (C=O) groups is 1. The number of hydrogen-bond donors (Lipinski definition) is 1. The molecular formula is C19H16F4N4O2S. The van der Waals surface area contributed by atoms with Crippen molar-refractivity contribution in [3.63, 3.8) is 0 Å². The van der Waals surface area contributed by atoms with Gasteiger partial charge in [0.25, 0.3) is 0 Å². The summed E-state index contributed by atoms with van der Waals surface area (Å²) in [5.41, 5.74) is -0.730. The molecule has 0 radical (unpaired) electrons.